The topological polar surface area (TPSA) is 101 Å². The van der Waals surface area contributed by atoms with Gasteiger partial charge in [-0.05, 0) is 106 Å². The highest BCUT2D eigenvalue weighted by atomic mass is 35.5. The number of halogens is 2. The second-order valence-corrected chi connectivity index (χ2v) is 13.7. The molecule has 3 aliphatic rings. The van der Waals surface area contributed by atoms with Gasteiger partial charge < -0.3 is 20.3 Å². The fraction of sp³-hybridized carbons (Fsp3) is 0.444. The zero-order chi connectivity index (χ0) is 32.3. The molecule has 1 aliphatic carbocycles. The van der Waals surface area contributed by atoms with Crippen LogP contribution in [0.25, 0.3) is 22.2 Å². The lowest BCUT2D eigenvalue weighted by atomic mass is 9.83. The molecule has 246 valence electrons. The summed E-state index contributed by atoms with van der Waals surface area (Å²) in [7, 11) is 0. The Labute approximate surface area is 284 Å². The molecule has 9 nitrogen and oxygen atoms in total. The number of likely N-dealkylation sites (tertiary alicyclic amines) is 1. The molecule has 1 saturated carbocycles. The average Bonchev–Trinajstić information content (AvgIpc) is 3.64. The number of aromatic nitrogens is 3. The first-order chi connectivity index (χ1) is 22.9. The molecule has 2 aromatic carbocycles. The van der Waals surface area contributed by atoms with Gasteiger partial charge in [-0.3, -0.25) is 14.2 Å². The minimum absolute atomic E-state index is 0.120. The van der Waals surface area contributed by atoms with Crippen LogP contribution in [0.3, 0.4) is 0 Å². The minimum atomic E-state index is -0.372. The largest absolute Gasteiger partial charge is 0.490 e. The lowest BCUT2D eigenvalue weighted by Crippen LogP contribution is -2.35. The molecule has 2 N–H and O–H groups in total. The Morgan fingerprint density at radius 1 is 0.936 bits per heavy atom. The maximum absolute atomic E-state index is 14.3. The summed E-state index contributed by atoms with van der Waals surface area (Å²) in [6.45, 7) is 3.16. The van der Waals surface area contributed by atoms with Gasteiger partial charge in [-0.25, -0.2) is 4.98 Å². The van der Waals surface area contributed by atoms with E-state index in [4.69, 9.17) is 32.9 Å². The van der Waals surface area contributed by atoms with Crippen LogP contribution in [0.15, 0.2) is 53.5 Å². The third-order valence-corrected chi connectivity index (χ3v) is 10.3. The van der Waals surface area contributed by atoms with Crippen molar-refractivity contribution in [2.45, 2.75) is 76.4 Å². The maximum Gasteiger partial charge on any atom is 0.260 e. The summed E-state index contributed by atoms with van der Waals surface area (Å²) in [5.74, 6) is 1.42. The molecule has 4 aromatic rings. The Balaban J connectivity index is 1.22. The number of carbonyl (C=O) groups is 1. The number of hydrogen-bond acceptors (Lipinski definition) is 7. The fourth-order valence-electron chi connectivity index (χ4n) is 7.12. The highest BCUT2D eigenvalue weighted by Gasteiger charge is 2.25. The number of carbonyl (C=O) groups excluding carboxylic acids is 1. The average molecular weight is 676 g/mol. The van der Waals surface area contributed by atoms with Gasteiger partial charge in [0.1, 0.15) is 24.0 Å². The zero-order valence-electron chi connectivity index (χ0n) is 26.4. The molecule has 1 amide bonds. The van der Waals surface area contributed by atoms with E-state index in [1.54, 1.807) is 17.2 Å². The number of nitrogens with one attached hydrogen (secondary N) is 2. The SMILES string of the molecule is O=C(Cn1c(=O)c(-c2c(Cl)cc(C3CCCCC3)cc2Cl)cc2cnc(Nc3ccc(OC4CCNCC4)cc3)nc21)N1CCCC1. The van der Waals surface area contributed by atoms with Crippen molar-refractivity contribution < 1.29 is 9.53 Å². The summed E-state index contributed by atoms with van der Waals surface area (Å²) in [4.78, 5) is 38.8. The predicted molar refractivity (Wildman–Crippen MR) is 187 cm³/mol. The molecule has 0 atom stereocenters. The van der Waals surface area contributed by atoms with Crippen LogP contribution in [-0.2, 0) is 11.3 Å². The number of hydrogen-bond donors (Lipinski definition) is 2. The van der Waals surface area contributed by atoms with E-state index in [9.17, 15) is 9.59 Å². The van der Waals surface area contributed by atoms with Crippen molar-refractivity contribution in [2.24, 2.45) is 0 Å². The molecule has 2 aromatic heterocycles. The Morgan fingerprint density at radius 2 is 1.64 bits per heavy atom. The monoisotopic (exact) mass is 674 g/mol. The van der Waals surface area contributed by atoms with Gasteiger partial charge in [-0.2, -0.15) is 4.98 Å². The third-order valence-electron chi connectivity index (χ3n) is 9.69. The fourth-order valence-corrected chi connectivity index (χ4v) is 7.83. The molecule has 2 saturated heterocycles. The quantitative estimate of drug-likeness (QED) is 0.202. The first-order valence-electron chi connectivity index (χ1n) is 16.8. The van der Waals surface area contributed by atoms with Crippen LogP contribution in [0, 0.1) is 0 Å². The van der Waals surface area contributed by atoms with Gasteiger partial charge in [-0.15, -0.1) is 0 Å². The Morgan fingerprint density at radius 3 is 2.34 bits per heavy atom. The number of piperidine rings is 1. The number of ether oxygens (including phenoxy) is 1. The van der Waals surface area contributed by atoms with E-state index in [1.165, 1.54) is 23.8 Å². The van der Waals surface area contributed by atoms with Gasteiger partial charge >= 0.3 is 0 Å². The van der Waals surface area contributed by atoms with Crippen LogP contribution in [0.4, 0.5) is 11.6 Å². The van der Waals surface area contributed by atoms with Crippen LogP contribution in [0.5, 0.6) is 5.75 Å². The van der Waals surface area contributed by atoms with E-state index in [0.29, 0.717) is 57.2 Å². The molecule has 3 fully saturated rings. The van der Waals surface area contributed by atoms with Crippen molar-refractivity contribution in [3.8, 4) is 16.9 Å². The lowest BCUT2D eigenvalue weighted by molar-refractivity contribution is -0.130. The van der Waals surface area contributed by atoms with Crippen molar-refractivity contribution in [1.29, 1.82) is 0 Å². The highest BCUT2D eigenvalue weighted by molar-refractivity contribution is 6.39. The highest BCUT2D eigenvalue weighted by Crippen LogP contribution is 2.40. The molecule has 0 bridgehead atoms. The van der Waals surface area contributed by atoms with Crippen molar-refractivity contribution in [1.82, 2.24) is 24.8 Å². The minimum Gasteiger partial charge on any atom is -0.490 e. The van der Waals surface area contributed by atoms with Crippen LogP contribution in [0.2, 0.25) is 10.0 Å². The molecular formula is C36H40Cl2N6O3. The zero-order valence-corrected chi connectivity index (χ0v) is 28.0. The van der Waals surface area contributed by atoms with Crippen molar-refractivity contribution in [2.75, 3.05) is 31.5 Å². The molecule has 0 radical (unpaired) electrons. The lowest BCUT2D eigenvalue weighted by Gasteiger charge is -2.23. The van der Waals surface area contributed by atoms with Crippen molar-refractivity contribution in [3.05, 3.63) is 74.6 Å². The van der Waals surface area contributed by atoms with Crippen molar-refractivity contribution >= 4 is 51.8 Å². The van der Waals surface area contributed by atoms with Gasteiger partial charge in [0.25, 0.3) is 5.56 Å². The molecule has 0 unspecified atom stereocenters. The molecule has 47 heavy (non-hydrogen) atoms. The first-order valence-corrected chi connectivity index (χ1v) is 17.6. The molecule has 0 spiro atoms. The smallest absolute Gasteiger partial charge is 0.260 e. The number of amides is 1. The summed E-state index contributed by atoms with van der Waals surface area (Å²) in [5.41, 5.74) is 2.67. The van der Waals surface area contributed by atoms with Gasteiger partial charge in [0.05, 0.1) is 15.6 Å². The van der Waals surface area contributed by atoms with Crippen LogP contribution < -0.4 is 20.9 Å². The normalized spacial score (nSPS) is 17.7. The Bertz CT molecular complexity index is 1790. The summed E-state index contributed by atoms with van der Waals surface area (Å²) in [6.07, 6.45) is 11.6. The van der Waals surface area contributed by atoms with Gasteiger partial charge in [-0.1, -0.05) is 42.5 Å². The number of rotatable bonds is 8. The molecule has 4 heterocycles. The van der Waals surface area contributed by atoms with E-state index in [1.807, 2.05) is 36.4 Å². The number of anilines is 2. The second-order valence-electron chi connectivity index (χ2n) is 12.9. The van der Waals surface area contributed by atoms with Gasteiger partial charge in [0, 0.05) is 35.9 Å². The molecule has 11 heteroatoms. The number of benzene rings is 2. The van der Waals surface area contributed by atoms with E-state index in [-0.39, 0.29) is 24.1 Å². The van der Waals surface area contributed by atoms with Crippen LogP contribution in [0.1, 0.15) is 69.3 Å². The van der Waals surface area contributed by atoms with E-state index in [0.717, 1.165) is 68.6 Å². The number of pyridine rings is 1. The van der Waals surface area contributed by atoms with Gasteiger partial charge in [0.15, 0.2) is 0 Å². The standard InChI is InChI=1S/C36H40Cl2N6O3/c37-30-19-24(23-6-2-1-3-7-23)20-31(38)33(30)29-18-25-21-40-36(41-26-8-10-27(11-9-26)47-28-12-14-39-15-13-28)42-34(25)44(35(29)46)22-32(45)43-16-4-5-17-43/h8-11,18-21,23,28,39H,1-7,12-17,22H2,(H,40,41,42). The summed E-state index contributed by atoms with van der Waals surface area (Å²) in [5, 5.41) is 8.06. The number of fused-ring (bicyclic) bond motifs is 1. The maximum atomic E-state index is 14.3. The van der Waals surface area contributed by atoms with Crippen LogP contribution >= 0.6 is 23.2 Å². The Kier molecular flexibility index (Phi) is 9.65. The molecular weight excluding hydrogens is 635 g/mol. The molecule has 7 rings (SSSR count). The van der Waals surface area contributed by atoms with Crippen LogP contribution in [-0.4, -0.2) is 57.6 Å². The van der Waals surface area contributed by atoms with E-state index in [2.05, 4.69) is 15.6 Å². The number of nitrogens with zero attached hydrogens (tertiary/aromatic N) is 4. The summed E-state index contributed by atoms with van der Waals surface area (Å²) in [6, 6.07) is 13.3. The van der Waals surface area contributed by atoms with Gasteiger partial charge in [0.2, 0.25) is 11.9 Å². The molecule has 2 aliphatic heterocycles. The van der Waals surface area contributed by atoms with E-state index < -0.39 is 0 Å². The van der Waals surface area contributed by atoms with Crippen molar-refractivity contribution in [3.63, 3.8) is 0 Å². The van der Waals surface area contributed by atoms with E-state index >= 15 is 0 Å². The predicted octanol–water partition coefficient (Wildman–Crippen LogP) is 7.31. The summed E-state index contributed by atoms with van der Waals surface area (Å²) >= 11 is 13.8. The second kappa shape index (κ2) is 14.2. The summed E-state index contributed by atoms with van der Waals surface area (Å²) < 4.78 is 7.58. The Hall–Kier alpha value is -3.66. The first kappa shape index (κ1) is 31.9. The third kappa shape index (κ3) is 7.12.